The van der Waals surface area contributed by atoms with Crippen LogP contribution in [0.25, 0.3) is 56.2 Å². The van der Waals surface area contributed by atoms with E-state index < -0.39 is 23.8 Å². The van der Waals surface area contributed by atoms with Gasteiger partial charge in [0.05, 0.1) is 72.6 Å². The van der Waals surface area contributed by atoms with Crippen LogP contribution in [-0.4, -0.2) is 53.9 Å². The van der Waals surface area contributed by atoms with Gasteiger partial charge in [0.25, 0.3) is 11.8 Å². The molecule has 5 aromatic heterocycles. The van der Waals surface area contributed by atoms with E-state index in [1.54, 1.807) is 110 Å². The Labute approximate surface area is 457 Å². The van der Waals surface area contributed by atoms with E-state index in [9.17, 15) is 29.1 Å². The molecule has 5 aromatic carbocycles. The Bertz CT molecular complexity index is 3590. The molecule has 76 heavy (non-hydrogen) atoms. The van der Waals surface area contributed by atoms with Crippen LogP contribution in [0.15, 0.2) is 221 Å². The molecule has 0 aliphatic carbocycles. The fourth-order valence-corrected chi connectivity index (χ4v) is 7.50. The second-order valence-corrected chi connectivity index (χ2v) is 16.1. The maximum absolute atomic E-state index is 12.9. The van der Waals surface area contributed by atoms with E-state index >= 15 is 0 Å². The zero-order chi connectivity index (χ0) is 52.7. The number of aromatic carboxylic acids is 1. The normalized spacial score (nSPS) is 10.2. The van der Waals surface area contributed by atoms with Crippen LogP contribution in [-0.2, 0) is 9.47 Å². The summed E-state index contributed by atoms with van der Waals surface area (Å²) in [6.07, 6.45) is 10.9. The van der Waals surface area contributed by atoms with Crippen molar-refractivity contribution in [1.29, 1.82) is 0 Å². The Morgan fingerprint density at radius 1 is 0.447 bits per heavy atom. The zero-order valence-electron chi connectivity index (χ0n) is 41.1. The van der Waals surface area contributed by atoms with E-state index in [1.165, 1.54) is 45.0 Å². The molecule has 4 N–H and O–H groups in total. The first-order valence-electron chi connectivity index (χ1n) is 22.8. The van der Waals surface area contributed by atoms with Crippen LogP contribution in [0, 0.1) is 0 Å². The predicted molar refractivity (Wildman–Crippen MR) is 279 cm³/mol. The molecule has 0 spiro atoms. The third kappa shape index (κ3) is 13.5. The van der Waals surface area contributed by atoms with Crippen molar-refractivity contribution in [3.63, 3.8) is 0 Å². The number of furan rings is 3. The number of amides is 2. The fraction of sp³-hybridized carbons (Fsp3) is 0.0339. The number of carbonyl (C=O) groups is 5. The topological polar surface area (TPSA) is 242 Å². The van der Waals surface area contributed by atoms with Crippen LogP contribution in [0.4, 0.5) is 17.1 Å². The Kier molecular flexibility index (Phi) is 18.4. The molecule has 372 valence electrons. The standard InChI is InChI=1S/C24H18N2O4.C23H16N2O4.C12H11NO3.Na/c1-29-24(28)20-10-9-17(22-8-5-11-30-22)13-21(20)26-23(27)19-12-18(14-25-15-19)16-6-3-2-4-7-16;26-22(18-11-17(13-24-14-18)15-5-2-1-3-6-15)25-20-12-16(21-7-4-10-29-21)8-9-19(20)23(27)28;1-15-12(14)9-5-4-8(7-10(9)13)11-3-2-6-16-11;/h2-15H,1H3,(H,26,27);1-14H,(H,25,26)(H,27,28);2-7H,13H2,1H3;/q;;;+1/p-1. The number of nitrogens with two attached hydrogens (primary N) is 1. The van der Waals surface area contributed by atoms with Crippen LogP contribution < -0.4 is 51.0 Å². The molecule has 10 rings (SSSR count). The summed E-state index contributed by atoms with van der Waals surface area (Å²) in [5, 5.41) is 16.9. The number of benzene rings is 5. The van der Waals surface area contributed by atoms with Crippen LogP contribution >= 0.6 is 0 Å². The molecular weight excluding hydrogens is 978 g/mol. The number of rotatable bonds is 12. The van der Waals surface area contributed by atoms with Crippen molar-refractivity contribution in [2.24, 2.45) is 0 Å². The van der Waals surface area contributed by atoms with E-state index in [-0.39, 0.29) is 52.3 Å². The number of carboxylic acids is 1. The first-order chi connectivity index (χ1) is 36.5. The summed E-state index contributed by atoms with van der Waals surface area (Å²) in [6.45, 7) is 0. The summed E-state index contributed by atoms with van der Waals surface area (Å²) >= 11 is 0. The van der Waals surface area contributed by atoms with Crippen LogP contribution in [0.3, 0.4) is 0 Å². The van der Waals surface area contributed by atoms with Crippen LogP contribution in [0.1, 0.15) is 51.8 Å². The van der Waals surface area contributed by atoms with Crippen molar-refractivity contribution >= 4 is 46.8 Å². The van der Waals surface area contributed by atoms with Crippen molar-refractivity contribution in [2.45, 2.75) is 0 Å². The van der Waals surface area contributed by atoms with Crippen molar-refractivity contribution in [2.75, 3.05) is 30.6 Å². The number of nitrogens with zero attached hydrogens (tertiary/aromatic N) is 2. The number of pyridine rings is 2. The van der Waals surface area contributed by atoms with Gasteiger partial charge in [-0.3, -0.25) is 19.6 Å². The zero-order valence-corrected chi connectivity index (χ0v) is 43.1. The number of nitrogen functional groups attached to an aromatic ring is 1. The molecule has 10 aromatic rings. The van der Waals surface area contributed by atoms with Gasteiger partial charge in [0.15, 0.2) is 0 Å². The molecule has 0 aliphatic rings. The Hall–Kier alpha value is -9.61. The average molecular weight is 1020 g/mol. The monoisotopic (exact) mass is 1020 g/mol. The number of anilines is 3. The van der Waals surface area contributed by atoms with Gasteiger partial charge in [0.1, 0.15) is 17.3 Å². The molecule has 0 atom stereocenters. The Morgan fingerprint density at radius 3 is 1.24 bits per heavy atom. The molecule has 0 radical (unpaired) electrons. The third-order valence-electron chi connectivity index (χ3n) is 11.2. The van der Waals surface area contributed by atoms with Crippen molar-refractivity contribution in [3.8, 4) is 56.2 Å². The summed E-state index contributed by atoms with van der Waals surface area (Å²) in [4.78, 5) is 69.0. The predicted octanol–water partition coefficient (Wildman–Crippen LogP) is 7.99. The maximum atomic E-state index is 12.9. The Morgan fingerprint density at radius 2 is 0.842 bits per heavy atom. The molecule has 0 saturated carbocycles. The summed E-state index contributed by atoms with van der Waals surface area (Å²) < 4.78 is 25.4. The molecule has 17 heteroatoms. The number of nitrogens with one attached hydrogen (secondary N) is 2. The number of methoxy groups -OCH3 is 2. The molecule has 0 bridgehead atoms. The molecule has 0 unspecified atom stereocenters. The van der Waals surface area contributed by atoms with E-state index in [4.69, 9.17) is 23.7 Å². The quantitative estimate of drug-likeness (QED) is 0.0597. The smallest absolute Gasteiger partial charge is 0.545 e. The van der Waals surface area contributed by atoms with Gasteiger partial charge in [0, 0.05) is 63.9 Å². The van der Waals surface area contributed by atoms with Gasteiger partial charge in [-0.1, -0.05) is 84.9 Å². The molecule has 0 aliphatic heterocycles. The summed E-state index contributed by atoms with van der Waals surface area (Å²) in [5.74, 6) is -1.36. The van der Waals surface area contributed by atoms with E-state index in [0.717, 1.165) is 33.4 Å². The van der Waals surface area contributed by atoms with Crippen molar-refractivity contribution in [3.05, 3.63) is 235 Å². The van der Waals surface area contributed by atoms with Crippen LogP contribution in [0.2, 0.25) is 0 Å². The number of carboxylic acid groups (broad SMARTS) is 1. The van der Waals surface area contributed by atoms with Gasteiger partial charge in [-0.25, -0.2) is 9.59 Å². The molecule has 2 amide bonds. The summed E-state index contributed by atoms with van der Waals surface area (Å²) in [5.41, 5.74) is 13.4. The Balaban J connectivity index is 0.000000172. The van der Waals surface area contributed by atoms with Gasteiger partial charge in [-0.15, -0.1) is 0 Å². The summed E-state index contributed by atoms with van der Waals surface area (Å²) in [6, 6.07) is 47.9. The largest absolute Gasteiger partial charge is 1.00 e. The molecular formula is C59H44N5NaO11. The first kappa shape index (κ1) is 54.2. The van der Waals surface area contributed by atoms with Gasteiger partial charge in [-0.2, -0.15) is 0 Å². The van der Waals surface area contributed by atoms with Crippen molar-refractivity contribution in [1.82, 2.24) is 9.97 Å². The van der Waals surface area contributed by atoms with E-state index in [0.29, 0.717) is 50.9 Å². The second kappa shape index (κ2) is 25.9. The first-order valence-corrected chi connectivity index (χ1v) is 22.8. The van der Waals surface area contributed by atoms with Crippen LogP contribution in [0.5, 0.6) is 0 Å². The number of aromatic nitrogens is 2. The summed E-state index contributed by atoms with van der Waals surface area (Å²) in [7, 11) is 2.61. The maximum Gasteiger partial charge on any atom is 1.00 e. The number of esters is 2. The molecule has 16 nitrogen and oxygen atoms in total. The number of ether oxygens (including phenoxy) is 2. The molecule has 0 fully saturated rings. The van der Waals surface area contributed by atoms with E-state index in [2.05, 4.69) is 25.3 Å². The van der Waals surface area contributed by atoms with Crippen molar-refractivity contribution < 1.29 is 81.4 Å². The third-order valence-corrected chi connectivity index (χ3v) is 11.2. The fourth-order valence-electron chi connectivity index (χ4n) is 7.50. The molecule has 0 saturated heterocycles. The minimum absolute atomic E-state index is 0. The minimum Gasteiger partial charge on any atom is -0.545 e. The number of hydrogen-bond donors (Lipinski definition) is 3. The minimum atomic E-state index is -1.39. The second-order valence-electron chi connectivity index (χ2n) is 16.1. The van der Waals surface area contributed by atoms with Gasteiger partial charge < -0.3 is 49.0 Å². The SMILES string of the molecule is COC(=O)c1ccc(-c2ccco2)cc1N.COC(=O)c1ccc(-c2ccco2)cc1NC(=O)c1cncc(-c2ccccc2)c1.O=C(Nc1cc(-c2ccco2)ccc1C(=O)[O-])c1cncc(-c2ccccc2)c1.[Na+]. The van der Waals surface area contributed by atoms with Gasteiger partial charge in [-0.05, 0) is 90.0 Å². The number of hydrogen-bond acceptors (Lipinski definition) is 14. The van der Waals surface area contributed by atoms with E-state index in [1.807, 2.05) is 66.7 Å². The van der Waals surface area contributed by atoms with Gasteiger partial charge >= 0.3 is 41.5 Å². The average Bonchev–Trinajstić information content (AvgIpc) is 4.31. The van der Waals surface area contributed by atoms with Gasteiger partial charge in [0.2, 0.25) is 0 Å². The molecule has 5 heterocycles. The number of carbonyl (C=O) groups excluding carboxylic acids is 5.